The molecule has 2 nitrogen and oxygen atoms in total. The van der Waals surface area contributed by atoms with Gasteiger partial charge in [0.25, 0.3) is 0 Å². The minimum absolute atomic E-state index is 0.00148. The Labute approximate surface area is 96.2 Å². The van der Waals surface area contributed by atoms with Gasteiger partial charge in [0.1, 0.15) is 5.82 Å². The van der Waals surface area contributed by atoms with Crippen molar-refractivity contribution in [3.05, 3.63) is 33.5 Å². The van der Waals surface area contributed by atoms with Gasteiger partial charge in [-0.3, -0.25) is 4.79 Å². The smallest absolute Gasteiger partial charge is 0.303 e. The zero-order chi connectivity index (χ0) is 11.6. The minimum Gasteiger partial charge on any atom is -0.481 e. The van der Waals surface area contributed by atoms with E-state index in [0.29, 0.717) is 10.0 Å². The Balaban J connectivity index is 3.07. The molecule has 4 heteroatoms. The van der Waals surface area contributed by atoms with E-state index >= 15 is 0 Å². The molecule has 0 aromatic heterocycles. The van der Waals surface area contributed by atoms with E-state index < -0.39 is 5.97 Å². The average molecular weight is 275 g/mol. The van der Waals surface area contributed by atoms with Crippen molar-refractivity contribution in [2.24, 2.45) is 0 Å². The van der Waals surface area contributed by atoms with E-state index in [0.717, 1.165) is 5.56 Å². The maximum absolute atomic E-state index is 13.3. The molecule has 0 heterocycles. The largest absolute Gasteiger partial charge is 0.481 e. The third-order valence-electron chi connectivity index (χ3n) is 2.21. The number of aryl methyl sites for hydroxylation is 1. The Hall–Kier alpha value is -0.900. The van der Waals surface area contributed by atoms with Gasteiger partial charge < -0.3 is 5.11 Å². The highest BCUT2D eigenvalue weighted by Gasteiger charge is 2.16. The number of rotatable bonds is 3. The topological polar surface area (TPSA) is 37.3 Å². The molecule has 0 radical (unpaired) electrons. The first-order chi connectivity index (χ1) is 6.91. The molecular formula is C11H12BrFO2. The molecule has 1 unspecified atom stereocenters. The Morgan fingerprint density at radius 2 is 2.20 bits per heavy atom. The molecule has 0 aliphatic rings. The summed E-state index contributed by atoms with van der Waals surface area (Å²) in [5.74, 6) is -1.43. The number of carbonyl (C=O) groups is 1. The van der Waals surface area contributed by atoms with Crippen LogP contribution in [0.3, 0.4) is 0 Å². The van der Waals surface area contributed by atoms with Gasteiger partial charge in [-0.1, -0.05) is 13.0 Å². The lowest BCUT2D eigenvalue weighted by Gasteiger charge is -2.13. The van der Waals surface area contributed by atoms with Crippen molar-refractivity contribution in [3.63, 3.8) is 0 Å². The number of hydrogen-bond donors (Lipinski definition) is 1. The van der Waals surface area contributed by atoms with Gasteiger partial charge in [0.2, 0.25) is 0 Å². The molecule has 0 amide bonds. The molecule has 1 aromatic carbocycles. The summed E-state index contributed by atoms with van der Waals surface area (Å²) in [6, 6.07) is 3.22. The Morgan fingerprint density at radius 1 is 1.60 bits per heavy atom. The molecular weight excluding hydrogens is 263 g/mol. The van der Waals surface area contributed by atoms with Crippen LogP contribution in [0.15, 0.2) is 16.6 Å². The third-order valence-corrected chi connectivity index (χ3v) is 3.05. The van der Waals surface area contributed by atoms with Crippen LogP contribution in [0.2, 0.25) is 0 Å². The number of benzene rings is 1. The molecule has 82 valence electrons. The molecule has 15 heavy (non-hydrogen) atoms. The van der Waals surface area contributed by atoms with Gasteiger partial charge in [0, 0.05) is 0 Å². The summed E-state index contributed by atoms with van der Waals surface area (Å²) < 4.78 is 13.7. The fraction of sp³-hybridized carbons (Fsp3) is 0.364. The first kappa shape index (κ1) is 12.2. The maximum atomic E-state index is 13.3. The van der Waals surface area contributed by atoms with Crippen LogP contribution in [0, 0.1) is 12.7 Å². The minimum atomic E-state index is -0.878. The number of carboxylic acid groups (broad SMARTS) is 1. The average Bonchev–Trinajstić information content (AvgIpc) is 2.09. The molecule has 0 fully saturated rings. The van der Waals surface area contributed by atoms with Gasteiger partial charge in [-0.15, -0.1) is 0 Å². The predicted octanol–water partition coefficient (Wildman–Crippen LogP) is 3.47. The van der Waals surface area contributed by atoms with Gasteiger partial charge >= 0.3 is 5.97 Å². The standard InChI is InChI=1S/C11H12BrFO2/c1-6-3-8(7(2)5-10(14)15)11(12)9(13)4-6/h3-4,7H,5H2,1-2H3,(H,14,15). The summed E-state index contributed by atoms with van der Waals surface area (Å²) in [6.07, 6.45) is 0.00148. The Kier molecular flexibility index (Phi) is 3.85. The third kappa shape index (κ3) is 3.02. The first-order valence-corrected chi connectivity index (χ1v) is 5.38. The summed E-state index contributed by atoms with van der Waals surface area (Å²) in [4.78, 5) is 10.6. The molecule has 0 spiro atoms. The molecule has 0 saturated carbocycles. The van der Waals surface area contributed by atoms with Crippen molar-refractivity contribution in [1.29, 1.82) is 0 Å². The van der Waals surface area contributed by atoms with Crippen LogP contribution in [-0.4, -0.2) is 11.1 Å². The summed E-state index contributed by atoms with van der Waals surface area (Å²) >= 11 is 3.14. The lowest BCUT2D eigenvalue weighted by atomic mass is 9.96. The SMILES string of the molecule is Cc1cc(F)c(Br)c(C(C)CC(=O)O)c1. The number of halogens is 2. The van der Waals surface area contributed by atoms with E-state index in [1.807, 2.05) is 0 Å². The Bertz CT molecular complexity index is 390. The molecule has 0 aliphatic carbocycles. The normalized spacial score (nSPS) is 12.5. The molecule has 1 rings (SSSR count). The molecule has 1 atom stereocenters. The van der Waals surface area contributed by atoms with Crippen LogP contribution in [0.25, 0.3) is 0 Å². The van der Waals surface area contributed by atoms with Crippen LogP contribution in [0.4, 0.5) is 4.39 Å². The van der Waals surface area contributed by atoms with E-state index in [1.165, 1.54) is 6.07 Å². The fourth-order valence-electron chi connectivity index (χ4n) is 1.48. The number of aliphatic carboxylic acids is 1. The van der Waals surface area contributed by atoms with Gasteiger partial charge in [0.05, 0.1) is 10.9 Å². The van der Waals surface area contributed by atoms with Crippen molar-refractivity contribution in [2.45, 2.75) is 26.2 Å². The zero-order valence-corrected chi connectivity index (χ0v) is 10.1. The van der Waals surface area contributed by atoms with Crippen LogP contribution in [-0.2, 0) is 4.79 Å². The second kappa shape index (κ2) is 4.75. The van der Waals surface area contributed by atoms with E-state index in [2.05, 4.69) is 15.9 Å². The van der Waals surface area contributed by atoms with Crippen molar-refractivity contribution < 1.29 is 14.3 Å². The summed E-state index contributed by atoms with van der Waals surface area (Å²) in [7, 11) is 0. The molecule has 0 saturated heterocycles. The highest BCUT2D eigenvalue weighted by Crippen LogP contribution is 2.30. The van der Waals surface area contributed by atoms with Gasteiger partial charge in [0.15, 0.2) is 0 Å². The number of carboxylic acids is 1. The monoisotopic (exact) mass is 274 g/mol. The lowest BCUT2D eigenvalue weighted by molar-refractivity contribution is -0.137. The Morgan fingerprint density at radius 3 is 2.73 bits per heavy atom. The highest BCUT2D eigenvalue weighted by atomic mass is 79.9. The summed E-state index contributed by atoms with van der Waals surface area (Å²) in [6.45, 7) is 3.56. The van der Waals surface area contributed by atoms with Crippen LogP contribution < -0.4 is 0 Å². The molecule has 0 bridgehead atoms. The van der Waals surface area contributed by atoms with Gasteiger partial charge in [-0.25, -0.2) is 4.39 Å². The highest BCUT2D eigenvalue weighted by molar-refractivity contribution is 9.10. The first-order valence-electron chi connectivity index (χ1n) is 4.59. The van der Waals surface area contributed by atoms with Crippen molar-refractivity contribution in [3.8, 4) is 0 Å². The molecule has 1 aromatic rings. The van der Waals surface area contributed by atoms with Crippen molar-refractivity contribution in [2.75, 3.05) is 0 Å². The molecule has 1 N–H and O–H groups in total. The van der Waals surface area contributed by atoms with Gasteiger partial charge in [-0.05, 0) is 46.0 Å². The van der Waals surface area contributed by atoms with E-state index in [1.54, 1.807) is 19.9 Å². The lowest BCUT2D eigenvalue weighted by Crippen LogP contribution is -2.04. The molecule has 0 aliphatic heterocycles. The number of hydrogen-bond acceptors (Lipinski definition) is 1. The summed E-state index contributed by atoms with van der Waals surface area (Å²) in [5.41, 5.74) is 1.50. The van der Waals surface area contributed by atoms with Crippen LogP contribution in [0.1, 0.15) is 30.4 Å². The second-order valence-electron chi connectivity index (χ2n) is 3.65. The second-order valence-corrected chi connectivity index (χ2v) is 4.44. The van der Waals surface area contributed by atoms with E-state index in [9.17, 15) is 9.18 Å². The van der Waals surface area contributed by atoms with Gasteiger partial charge in [-0.2, -0.15) is 0 Å². The van der Waals surface area contributed by atoms with Crippen LogP contribution in [0.5, 0.6) is 0 Å². The summed E-state index contributed by atoms with van der Waals surface area (Å²) in [5, 5.41) is 8.67. The van der Waals surface area contributed by atoms with E-state index in [4.69, 9.17) is 5.11 Å². The zero-order valence-electron chi connectivity index (χ0n) is 8.55. The van der Waals surface area contributed by atoms with Crippen molar-refractivity contribution in [1.82, 2.24) is 0 Å². The van der Waals surface area contributed by atoms with Crippen molar-refractivity contribution >= 4 is 21.9 Å². The van der Waals surface area contributed by atoms with Crippen LogP contribution >= 0.6 is 15.9 Å². The maximum Gasteiger partial charge on any atom is 0.303 e. The predicted molar refractivity (Wildman–Crippen MR) is 59.5 cm³/mol. The fourth-order valence-corrected chi connectivity index (χ4v) is 2.10. The van der Waals surface area contributed by atoms with E-state index in [-0.39, 0.29) is 18.2 Å². The quantitative estimate of drug-likeness (QED) is 0.917.